The van der Waals surface area contributed by atoms with Crippen LogP contribution in [-0.4, -0.2) is 8.54 Å². The Hall–Kier alpha value is 2.33. The van der Waals surface area contributed by atoms with Crippen molar-refractivity contribution >= 4 is 80.7 Å². The Labute approximate surface area is 118 Å². The van der Waals surface area contributed by atoms with Gasteiger partial charge in [-0.15, -0.1) is 5.10 Å². The molecule has 83 valence electrons. The first-order chi connectivity index (χ1) is 4.91. The van der Waals surface area contributed by atoms with Crippen molar-refractivity contribution in [3.05, 3.63) is 0 Å². The Bertz CT molecular complexity index is 285. The van der Waals surface area contributed by atoms with Gasteiger partial charge in [0.1, 0.15) is 0 Å². The summed E-state index contributed by atoms with van der Waals surface area (Å²) in [6, 6.07) is 0. The van der Waals surface area contributed by atoms with Gasteiger partial charge in [0.15, 0.2) is 0 Å². The molecule has 0 amide bonds. The molecule has 1 unspecified atom stereocenters. The quantitative estimate of drug-likeness (QED) is 0.345. The summed E-state index contributed by atoms with van der Waals surface area (Å²) in [6.45, 7) is 0. The molecule has 0 bridgehead atoms. The number of nitrogens with zero attached hydrogens (tertiary/aromatic N) is 1. The van der Waals surface area contributed by atoms with Gasteiger partial charge in [-0.2, -0.15) is 4.39 Å². The largest absolute Gasteiger partial charge is 0.284 e. The minimum atomic E-state index is -5.24. The predicted molar refractivity (Wildman–Crippen MR) is 60.2 cm³/mol. The summed E-state index contributed by atoms with van der Waals surface area (Å²) in [5.41, 5.74) is 2.04. The molecular formula is C2HBrCl5FIrN2S. The van der Waals surface area contributed by atoms with Gasteiger partial charge < -0.3 is 0 Å². The van der Waals surface area contributed by atoms with Crippen LogP contribution >= 0.6 is 75.4 Å². The maximum absolute atomic E-state index is 13.1. The monoisotopic (exact) mass is 551 g/mol. The van der Waals surface area contributed by atoms with E-state index >= 15 is 0 Å². The minimum absolute atomic E-state index is 0. The van der Waals surface area contributed by atoms with E-state index in [1.54, 1.807) is 0 Å². The first kappa shape index (κ1) is 15.3. The van der Waals surface area contributed by atoms with E-state index in [-0.39, 0.29) is 20.1 Å². The molecule has 0 saturated heterocycles. The summed E-state index contributed by atoms with van der Waals surface area (Å²) < 4.78 is 11.1. The average Bonchev–Trinajstić information content (AvgIpc) is 1.88. The van der Waals surface area contributed by atoms with Gasteiger partial charge in [0.2, 0.25) is 0 Å². The summed E-state index contributed by atoms with van der Waals surface area (Å²) >= 11 is 8.35. The zero-order valence-corrected chi connectivity index (χ0v) is 13.9. The molecule has 13 heavy (non-hydrogen) atoms. The van der Waals surface area contributed by atoms with Crippen molar-refractivity contribution in [2.75, 3.05) is 0 Å². The van der Waals surface area contributed by atoms with E-state index in [4.69, 9.17) is 54.3 Å². The number of halogens is 7. The molecule has 11 heteroatoms. The molecule has 0 fully saturated rings. The number of nitrogens with one attached hydrogen (secondary N) is 1. The number of alkyl halides is 2. The van der Waals surface area contributed by atoms with Crippen molar-refractivity contribution in [3.63, 3.8) is 0 Å². The first-order valence-electron chi connectivity index (χ1n) is 2.29. The van der Waals surface area contributed by atoms with Crippen molar-refractivity contribution in [3.8, 4) is 0 Å². The number of hydrazone groups is 1. The summed E-state index contributed by atoms with van der Waals surface area (Å²) in [6.07, 6.45) is 0. The van der Waals surface area contributed by atoms with Gasteiger partial charge >= 0.3 is 0 Å². The van der Waals surface area contributed by atoms with Crippen molar-refractivity contribution in [1.29, 1.82) is 0 Å². The molecule has 0 aromatic rings. The fraction of sp³-hybridized carbons (Fsp3) is 0.500. The summed E-state index contributed by atoms with van der Waals surface area (Å²) in [5.74, 6) is 0. The Kier molecular flexibility index (Phi) is 3.74. The summed E-state index contributed by atoms with van der Waals surface area (Å²) in [4.78, 5) is 0. The maximum Gasteiger partial charge on any atom is 0.284 e. The third-order valence-corrected chi connectivity index (χ3v) is 14.4. The summed E-state index contributed by atoms with van der Waals surface area (Å²) in [7, 11) is 22.4. The molecule has 0 spiro atoms. The second-order valence-electron chi connectivity index (χ2n) is 2.06. The molecule has 0 aromatic carbocycles. The van der Waals surface area contributed by atoms with Crippen LogP contribution in [0.5, 0.6) is 0 Å². The molecule has 0 aromatic heterocycles. The van der Waals surface area contributed by atoms with Crippen molar-refractivity contribution in [1.82, 2.24) is 5.43 Å². The molecule has 0 saturated carbocycles. The van der Waals surface area contributed by atoms with Gasteiger partial charge in [0.25, 0.3) is 8.54 Å². The second-order valence-corrected chi connectivity index (χ2v) is 20.2. The maximum atomic E-state index is 13.1. The summed E-state index contributed by atoms with van der Waals surface area (Å²) in [5, 5.41) is -3.54. The number of rotatable bonds is 0. The zero-order chi connectivity index (χ0) is 9.90. The topological polar surface area (TPSA) is 24.4 Å². The van der Waals surface area contributed by atoms with E-state index in [2.05, 4.69) is 21.0 Å². The number of hydrogen-bond acceptors (Lipinski definition) is 2. The van der Waals surface area contributed by atoms with Crippen LogP contribution in [0, 0.1) is 0 Å². The average molecular weight is 553 g/mol. The fourth-order valence-electron chi connectivity index (χ4n) is 0.398. The smallest absolute Gasteiger partial charge is 0.266 e. The van der Waals surface area contributed by atoms with Crippen molar-refractivity contribution in [2.45, 2.75) is 3.24 Å². The van der Waals surface area contributed by atoms with E-state index in [1.807, 2.05) is 5.43 Å². The van der Waals surface area contributed by atoms with Gasteiger partial charge in [-0.05, 0) is 58.7 Å². The molecule has 1 aliphatic rings. The van der Waals surface area contributed by atoms with Gasteiger partial charge in [0, 0.05) is 20.1 Å². The van der Waals surface area contributed by atoms with Crippen LogP contribution in [0.15, 0.2) is 5.10 Å². The molecule has 1 atom stereocenters. The molecule has 1 rings (SSSR count). The van der Waals surface area contributed by atoms with Crippen LogP contribution < -0.4 is 5.43 Å². The zero-order valence-electron chi connectivity index (χ0n) is 5.33. The third kappa shape index (κ3) is 1.96. The van der Waals surface area contributed by atoms with Gasteiger partial charge in [-0.3, -0.25) is 5.43 Å². The Balaban J connectivity index is 0.00000144. The van der Waals surface area contributed by atoms with E-state index in [0.717, 1.165) is 0 Å². The van der Waals surface area contributed by atoms with Crippen LogP contribution in [0.25, 0.3) is 0 Å². The predicted octanol–water partition coefficient (Wildman–Crippen LogP) is 4.56. The van der Waals surface area contributed by atoms with Gasteiger partial charge in [-0.25, -0.2) is 0 Å². The van der Waals surface area contributed by atoms with Crippen LogP contribution in [-0.2, 0) is 20.1 Å². The van der Waals surface area contributed by atoms with Gasteiger partial charge in [-0.1, -0.05) is 11.6 Å². The first-order valence-corrected chi connectivity index (χ1v) is 9.21. The third-order valence-electron chi connectivity index (χ3n) is 1.13. The Morgan fingerprint density at radius 1 is 1.38 bits per heavy atom. The van der Waals surface area contributed by atoms with Crippen molar-refractivity contribution in [2.24, 2.45) is 5.10 Å². The number of hydrogen-bond donors (Lipinski definition) is 1. The molecule has 1 aliphatic heterocycles. The fourth-order valence-corrected chi connectivity index (χ4v) is 2.62. The molecule has 1 N–H and O–H groups in total. The Morgan fingerprint density at radius 2 is 1.77 bits per heavy atom. The minimum Gasteiger partial charge on any atom is -0.266 e. The molecule has 0 aliphatic carbocycles. The molecule has 2 nitrogen and oxygen atoms in total. The molecular weight excluding hydrogens is 552 g/mol. The van der Waals surface area contributed by atoms with Crippen LogP contribution in [0.1, 0.15) is 0 Å². The Morgan fingerprint density at radius 3 is 1.85 bits per heavy atom. The van der Waals surface area contributed by atoms with Crippen LogP contribution in [0.3, 0.4) is 0 Å². The second kappa shape index (κ2) is 3.17. The van der Waals surface area contributed by atoms with E-state index < -0.39 is 13.7 Å². The van der Waals surface area contributed by atoms with Crippen molar-refractivity contribution < 1.29 is 24.5 Å². The van der Waals surface area contributed by atoms with E-state index in [1.165, 1.54) is 0 Å². The standard InChI is InChI=1S/C2HBrCl5FN2S.Ir/c3-2(4)11-10-1(9)12(2,5,6,7)8;/h11H;. The normalized spacial score (nSPS) is 43.8. The van der Waals surface area contributed by atoms with E-state index in [9.17, 15) is 4.39 Å². The van der Waals surface area contributed by atoms with Crippen LogP contribution in [0.2, 0.25) is 0 Å². The van der Waals surface area contributed by atoms with Crippen LogP contribution in [0.4, 0.5) is 4.39 Å². The van der Waals surface area contributed by atoms with Gasteiger partial charge in [0.05, 0.1) is 5.15 Å². The van der Waals surface area contributed by atoms with E-state index in [0.29, 0.717) is 0 Å². The molecule has 1 radical (unpaired) electrons. The molecule has 1 heterocycles. The SMILES string of the molecule is FC1=NNC(Cl)(Br)S1(Cl)(Cl)(Cl)Cl.[Ir].